The quantitative estimate of drug-likeness (QED) is 0.276. The van der Waals surface area contributed by atoms with Gasteiger partial charge in [-0.1, -0.05) is 12.1 Å². The molecule has 0 aliphatic carbocycles. The lowest BCUT2D eigenvalue weighted by Crippen LogP contribution is -2.18. The second-order valence-electron chi connectivity index (χ2n) is 3.33. The SMILES string of the molecule is CC(=O)/C(=C/c1cccc([N+](=O)[O-])c1)C(N)=O. The molecule has 0 saturated carbocycles. The van der Waals surface area contributed by atoms with Crippen molar-refractivity contribution in [2.45, 2.75) is 6.92 Å². The van der Waals surface area contributed by atoms with Gasteiger partial charge in [-0.3, -0.25) is 19.7 Å². The van der Waals surface area contributed by atoms with Crippen LogP contribution in [0.4, 0.5) is 5.69 Å². The van der Waals surface area contributed by atoms with Crippen LogP contribution < -0.4 is 5.73 Å². The first-order valence-electron chi connectivity index (χ1n) is 4.68. The lowest BCUT2D eigenvalue weighted by molar-refractivity contribution is -0.384. The Morgan fingerprint density at radius 2 is 2.06 bits per heavy atom. The van der Waals surface area contributed by atoms with Gasteiger partial charge in [0, 0.05) is 12.1 Å². The third-order valence-corrected chi connectivity index (χ3v) is 2.04. The maximum absolute atomic E-state index is 11.1. The number of nitro groups is 1. The fourth-order valence-electron chi connectivity index (χ4n) is 1.24. The highest BCUT2D eigenvalue weighted by molar-refractivity contribution is 6.21. The summed E-state index contributed by atoms with van der Waals surface area (Å²) in [6.45, 7) is 1.20. The summed E-state index contributed by atoms with van der Waals surface area (Å²) in [4.78, 5) is 32.0. The first kappa shape index (κ1) is 12.6. The topological polar surface area (TPSA) is 103 Å². The number of hydrogen-bond acceptors (Lipinski definition) is 4. The fourth-order valence-corrected chi connectivity index (χ4v) is 1.24. The molecule has 6 heteroatoms. The van der Waals surface area contributed by atoms with Crippen LogP contribution in [-0.2, 0) is 9.59 Å². The molecule has 0 spiro atoms. The minimum absolute atomic E-state index is 0.119. The van der Waals surface area contributed by atoms with Gasteiger partial charge in [-0.2, -0.15) is 0 Å². The number of non-ortho nitro benzene ring substituents is 1. The first-order chi connectivity index (χ1) is 7.91. The van der Waals surface area contributed by atoms with Crippen LogP contribution in [-0.4, -0.2) is 16.6 Å². The molecule has 0 aromatic heterocycles. The Balaban J connectivity index is 3.20. The third kappa shape index (κ3) is 3.23. The van der Waals surface area contributed by atoms with Crippen LogP contribution in [0, 0.1) is 10.1 Å². The summed E-state index contributed by atoms with van der Waals surface area (Å²) in [7, 11) is 0. The Labute approximate surface area is 96.9 Å². The molecule has 0 radical (unpaired) electrons. The molecular weight excluding hydrogens is 224 g/mol. The molecule has 6 nitrogen and oxygen atoms in total. The number of hydrogen-bond donors (Lipinski definition) is 1. The number of nitrogens with two attached hydrogens (primary N) is 1. The molecule has 17 heavy (non-hydrogen) atoms. The number of nitro benzene ring substituents is 1. The third-order valence-electron chi connectivity index (χ3n) is 2.04. The van der Waals surface area contributed by atoms with Crippen LogP contribution >= 0.6 is 0 Å². The summed E-state index contributed by atoms with van der Waals surface area (Å²) in [5.41, 5.74) is 5.09. The van der Waals surface area contributed by atoms with Crippen LogP contribution in [0.5, 0.6) is 0 Å². The number of ketones is 1. The van der Waals surface area contributed by atoms with Crippen LogP contribution in [0.15, 0.2) is 29.8 Å². The van der Waals surface area contributed by atoms with E-state index < -0.39 is 16.6 Å². The zero-order valence-electron chi connectivity index (χ0n) is 9.04. The number of primary amides is 1. The summed E-state index contributed by atoms with van der Waals surface area (Å²) in [6.07, 6.45) is 1.23. The maximum Gasteiger partial charge on any atom is 0.270 e. The minimum Gasteiger partial charge on any atom is -0.365 e. The molecule has 0 fully saturated rings. The van der Waals surface area contributed by atoms with E-state index in [9.17, 15) is 19.7 Å². The van der Waals surface area contributed by atoms with Gasteiger partial charge in [-0.15, -0.1) is 0 Å². The van der Waals surface area contributed by atoms with Gasteiger partial charge >= 0.3 is 0 Å². The highest BCUT2D eigenvalue weighted by Crippen LogP contribution is 2.15. The van der Waals surface area contributed by atoms with Crippen LogP contribution in [0.1, 0.15) is 12.5 Å². The van der Waals surface area contributed by atoms with E-state index in [-0.39, 0.29) is 11.3 Å². The van der Waals surface area contributed by atoms with Crippen LogP contribution in [0.3, 0.4) is 0 Å². The number of carbonyl (C=O) groups is 2. The Hall–Kier alpha value is -2.50. The largest absolute Gasteiger partial charge is 0.365 e. The predicted octanol–water partition coefficient (Wildman–Crippen LogP) is 1.05. The van der Waals surface area contributed by atoms with Crippen molar-refractivity contribution in [3.8, 4) is 0 Å². The van der Waals surface area contributed by atoms with Crippen LogP contribution in [0.2, 0.25) is 0 Å². The highest BCUT2D eigenvalue weighted by atomic mass is 16.6. The van der Waals surface area contributed by atoms with Crippen molar-refractivity contribution in [2.24, 2.45) is 5.73 Å². The van der Waals surface area contributed by atoms with Gasteiger partial charge < -0.3 is 5.73 Å². The molecule has 0 heterocycles. The molecule has 0 atom stereocenters. The van der Waals surface area contributed by atoms with Gasteiger partial charge in [0.2, 0.25) is 0 Å². The average molecular weight is 234 g/mol. The standard InChI is InChI=1S/C11H10N2O4/c1-7(14)10(11(12)15)6-8-3-2-4-9(5-8)13(16)17/h2-6H,1H3,(H2,12,15)/b10-6-. The molecule has 0 saturated heterocycles. The normalized spacial score (nSPS) is 11.0. The molecule has 1 aromatic rings. The van der Waals surface area contributed by atoms with E-state index in [1.807, 2.05) is 0 Å². The van der Waals surface area contributed by atoms with E-state index in [4.69, 9.17) is 5.73 Å². The van der Waals surface area contributed by atoms with Crippen molar-refractivity contribution >= 4 is 23.5 Å². The van der Waals surface area contributed by atoms with Gasteiger partial charge in [-0.05, 0) is 18.6 Å². The smallest absolute Gasteiger partial charge is 0.270 e. The summed E-state index contributed by atoms with van der Waals surface area (Å²) >= 11 is 0. The van der Waals surface area contributed by atoms with Gasteiger partial charge in [0.25, 0.3) is 11.6 Å². The second kappa shape index (κ2) is 5.02. The molecule has 0 aliphatic heterocycles. The van der Waals surface area contributed by atoms with Gasteiger partial charge in [0.1, 0.15) is 0 Å². The number of Topliss-reactive ketones (excluding diaryl/α,β-unsaturated/α-hetero) is 1. The van der Waals surface area contributed by atoms with E-state index in [0.717, 1.165) is 0 Å². The fraction of sp³-hybridized carbons (Fsp3) is 0.0909. The molecule has 2 N–H and O–H groups in total. The summed E-state index contributed by atoms with van der Waals surface area (Å²) in [5, 5.41) is 10.5. The summed E-state index contributed by atoms with van der Waals surface area (Å²) in [6, 6.07) is 5.57. The Morgan fingerprint density at radius 3 is 2.53 bits per heavy atom. The van der Waals surface area contributed by atoms with E-state index in [1.54, 1.807) is 6.07 Å². The second-order valence-corrected chi connectivity index (χ2v) is 3.33. The monoisotopic (exact) mass is 234 g/mol. The van der Waals surface area contributed by atoms with Crippen molar-refractivity contribution in [1.29, 1.82) is 0 Å². The van der Waals surface area contributed by atoms with Crippen molar-refractivity contribution in [2.75, 3.05) is 0 Å². The molecular formula is C11H10N2O4. The molecule has 0 aliphatic rings. The molecule has 1 rings (SSSR count). The van der Waals surface area contributed by atoms with E-state index >= 15 is 0 Å². The zero-order chi connectivity index (χ0) is 13.0. The van der Waals surface area contributed by atoms with Crippen molar-refractivity contribution in [3.63, 3.8) is 0 Å². The number of nitrogens with zero attached hydrogens (tertiary/aromatic N) is 1. The number of rotatable bonds is 4. The Bertz CT molecular complexity index is 504. The predicted molar refractivity (Wildman–Crippen MR) is 60.9 cm³/mol. The highest BCUT2D eigenvalue weighted by Gasteiger charge is 2.11. The van der Waals surface area contributed by atoms with E-state index in [0.29, 0.717) is 5.56 Å². The Kier molecular flexibility index (Phi) is 3.71. The Morgan fingerprint density at radius 1 is 1.41 bits per heavy atom. The molecule has 1 aromatic carbocycles. The average Bonchev–Trinajstić information content (AvgIpc) is 2.25. The summed E-state index contributed by atoms with van der Waals surface area (Å²) in [5.74, 6) is -1.34. The van der Waals surface area contributed by atoms with Gasteiger partial charge in [-0.25, -0.2) is 0 Å². The number of amides is 1. The lowest BCUT2D eigenvalue weighted by atomic mass is 10.1. The van der Waals surface area contributed by atoms with E-state index in [1.165, 1.54) is 31.2 Å². The maximum atomic E-state index is 11.1. The van der Waals surface area contributed by atoms with Gasteiger partial charge in [0.05, 0.1) is 10.5 Å². The van der Waals surface area contributed by atoms with Crippen LogP contribution in [0.25, 0.3) is 6.08 Å². The molecule has 1 amide bonds. The lowest BCUT2D eigenvalue weighted by Gasteiger charge is -1.99. The van der Waals surface area contributed by atoms with Gasteiger partial charge in [0.15, 0.2) is 5.78 Å². The molecule has 0 bridgehead atoms. The van der Waals surface area contributed by atoms with Crippen molar-refractivity contribution in [3.05, 3.63) is 45.5 Å². The molecule has 88 valence electrons. The van der Waals surface area contributed by atoms with Crippen molar-refractivity contribution in [1.82, 2.24) is 0 Å². The van der Waals surface area contributed by atoms with E-state index in [2.05, 4.69) is 0 Å². The first-order valence-corrected chi connectivity index (χ1v) is 4.68. The molecule has 0 unspecified atom stereocenters. The summed E-state index contributed by atoms with van der Waals surface area (Å²) < 4.78 is 0. The number of carbonyl (C=O) groups excluding carboxylic acids is 2. The minimum atomic E-state index is -0.857. The van der Waals surface area contributed by atoms with Crippen molar-refractivity contribution < 1.29 is 14.5 Å². The number of benzene rings is 1. The zero-order valence-corrected chi connectivity index (χ0v) is 9.04.